The number of aliphatic hydroxyl groups excluding tert-OH is 10. The fourth-order valence-electron chi connectivity index (χ4n) is 13.0. The highest BCUT2D eigenvalue weighted by molar-refractivity contribution is 5.30. The lowest BCUT2D eigenvalue weighted by molar-refractivity contribution is -0.369. The first-order chi connectivity index (χ1) is 29.4. The Labute approximate surface area is 363 Å². The maximum absolute atomic E-state index is 11.2. The molecule has 24 atom stereocenters. The molecule has 2 unspecified atom stereocenters. The van der Waals surface area contributed by atoms with Crippen molar-refractivity contribution in [1.82, 2.24) is 0 Å². The van der Waals surface area contributed by atoms with Crippen LogP contribution in [0.1, 0.15) is 92.4 Å². The van der Waals surface area contributed by atoms with Crippen molar-refractivity contribution in [1.29, 1.82) is 0 Å². The van der Waals surface area contributed by atoms with Crippen LogP contribution in [-0.2, 0) is 33.2 Å². The van der Waals surface area contributed by atoms with Crippen LogP contribution >= 0.6 is 0 Å². The molecule has 0 aromatic rings. The van der Waals surface area contributed by atoms with Gasteiger partial charge in [0.15, 0.2) is 18.9 Å². The van der Waals surface area contributed by atoms with E-state index in [0.717, 1.165) is 50.7 Å². The second kappa shape index (κ2) is 18.4. The van der Waals surface area contributed by atoms with Gasteiger partial charge in [0.1, 0.15) is 73.2 Å². The molecule has 0 radical (unpaired) electrons. The first-order valence-corrected chi connectivity index (χ1v) is 23.0. The molecule has 0 aromatic heterocycles. The van der Waals surface area contributed by atoms with E-state index in [9.17, 15) is 51.1 Å². The molecular formula is C45H72O17. The molecular weight excluding hydrogens is 812 g/mol. The Morgan fingerprint density at radius 2 is 1.42 bits per heavy atom. The summed E-state index contributed by atoms with van der Waals surface area (Å²) < 4.78 is 42.3. The molecule has 17 heteroatoms. The van der Waals surface area contributed by atoms with Crippen molar-refractivity contribution in [2.75, 3.05) is 19.8 Å². The highest BCUT2D eigenvalue weighted by Crippen LogP contribution is 2.69. The van der Waals surface area contributed by atoms with Gasteiger partial charge < -0.3 is 84.2 Å². The van der Waals surface area contributed by atoms with Gasteiger partial charge in [-0.3, -0.25) is 0 Å². The zero-order valence-electron chi connectivity index (χ0n) is 36.6. The molecule has 0 bridgehead atoms. The predicted octanol–water partition coefficient (Wildman–Crippen LogP) is 0.118. The second-order valence-corrected chi connectivity index (χ2v) is 20.4. The summed E-state index contributed by atoms with van der Waals surface area (Å²) in [6, 6.07) is 0. The Morgan fingerprint density at radius 1 is 0.758 bits per heavy atom. The maximum atomic E-state index is 11.2. The number of ether oxygens (including phenoxy) is 7. The molecule has 10 N–H and O–H groups in total. The first kappa shape index (κ1) is 47.1. The minimum absolute atomic E-state index is 0.0215. The van der Waals surface area contributed by atoms with Crippen molar-refractivity contribution < 1.29 is 84.2 Å². The molecule has 62 heavy (non-hydrogen) atoms. The number of hydrogen-bond acceptors (Lipinski definition) is 17. The number of hydrogen-bond donors (Lipinski definition) is 10. The lowest BCUT2D eigenvalue weighted by Crippen LogP contribution is -2.64. The van der Waals surface area contributed by atoms with Gasteiger partial charge in [0.05, 0.1) is 37.8 Å². The van der Waals surface area contributed by atoms with Crippen LogP contribution in [0.25, 0.3) is 0 Å². The van der Waals surface area contributed by atoms with Gasteiger partial charge in [-0.05, 0) is 105 Å². The van der Waals surface area contributed by atoms with Gasteiger partial charge in [-0.2, -0.15) is 0 Å². The number of allylic oxidation sites excluding steroid dienone is 2. The summed E-state index contributed by atoms with van der Waals surface area (Å²) in [6.45, 7) is 9.89. The fourth-order valence-corrected chi connectivity index (χ4v) is 13.0. The number of fused-ring (bicyclic) bond motifs is 7. The Bertz CT molecular complexity index is 1630. The van der Waals surface area contributed by atoms with Gasteiger partial charge in [0.2, 0.25) is 0 Å². The van der Waals surface area contributed by atoms with Crippen LogP contribution in [0.3, 0.4) is 0 Å². The molecule has 3 saturated carbocycles. The van der Waals surface area contributed by atoms with E-state index in [2.05, 4.69) is 33.8 Å². The topological polar surface area (TPSA) is 267 Å². The molecule has 0 spiro atoms. The average molecular weight is 885 g/mol. The summed E-state index contributed by atoms with van der Waals surface area (Å²) in [6.07, 6.45) is -9.89. The Hall–Kier alpha value is -1.36. The number of aliphatic hydroxyl groups is 10. The minimum atomic E-state index is -1.64. The van der Waals surface area contributed by atoms with Gasteiger partial charge >= 0.3 is 0 Å². The van der Waals surface area contributed by atoms with E-state index in [4.69, 9.17) is 33.2 Å². The van der Waals surface area contributed by atoms with Gasteiger partial charge in [0.25, 0.3) is 0 Å². The molecule has 6 fully saturated rings. The summed E-state index contributed by atoms with van der Waals surface area (Å²) in [7, 11) is 0. The van der Waals surface area contributed by atoms with Gasteiger partial charge in [-0.1, -0.05) is 32.4 Å². The molecule has 4 aliphatic heterocycles. The van der Waals surface area contributed by atoms with Crippen molar-refractivity contribution in [2.24, 2.45) is 40.4 Å². The third kappa shape index (κ3) is 8.25. The summed E-state index contributed by atoms with van der Waals surface area (Å²) in [5.41, 5.74) is 2.78. The predicted molar refractivity (Wildman–Crippen MR) is 216 cm³/mol. The van der Waals surface area contributed by atoms with Crippen LogP contribution in [0.15, 0.2) is 23.0 Å². The van der Waals surface area contributed by atoms with Crippen molar-refractivity contribution in [3.05, 3.63) is 23.0 Å². The summed E-state index contributed by atoms with van der Waals surface area (Å²) >= 11 is 0. The fraction of sp³-hybridized carbons (Fsp3) is 0.911. The molecule has 4 heterocycles. The Morgan fingerprint density at radius 3 is 2.13 bits per heavy atom. The minimum Gasteiger partial charge on any atom is -0.494 e. The van der Waals surface area contributed by atoms with E-state index in [1.54, 1.807) is 0 Å². The third-order valence-corrected chi connectivity index (χ3v) is 16.8. The van der Waals surface area contributed by atoms with Crippen molar-refractivity contribution in [3.63, 3.8) is 0 Å². The van der Waals surface area contributed by atoms with E-state index < -0.39 is 105 Å². The van der Waals surface area contributed by atoms with E-state index in [1.165, 1.54) is 18.1 Å². The number of rotatable bonds is 12. The van der Waals surface area contributed by atoms with E-state index in [1.807, 2.05) is 0 Å². The van der Waals surface area contributed by atoms with Crippen LogP contribution in [0.4, 0.5) is 0 Å². The smallest absolute Gasteiger partial charge is 0.187 e. The van der Waals surface area contributed by atoms with E-state index >= 15 is 0 Å². The van der Waals surface area contributed by atoms with Crippen molar-refractivity contribution >= 4 is 0 Å². The zero-order valence-corrected chi connectivity index (χ0v) is 36.6. The first-order valence-electron chi connectivity index (χ1n) is 23.0. The van der Waals surface area contributed by atoms with Crippen LogP contribution in [0.5, 0.6) is 0 Å². The van der Waals surface area contributed by atoms with Gasteiger partial charge in [-0.25, -0.2) is 0 Å². The van der Waals surface area contributed by atoms with E-state index in [-0.39, 0.29) is 35.6 Å². The van der Waals surface area contributed by atoms with E-state index in [0.29, 0.717) is 36.5 Å². The largest absolute Gasteiger partial charge is 0.494 e. The van der Waals surface area contributed by atoms with Crippen LogP contribution in [0.2, 0.25) is 0 Å². The molecule has 17 nitrogen and oxygen atoms in total. The third-order valence-electron chi connectivity index (χ3n) is 16.8. The van der Waals surface area contributed by atoms with Gasteiger partial charge in [-0.15, -0.1) is 0 Å². The van der Waals surface area contributed by atoms with Crippen molar-refractivity contribution in [2.45, 2.75) is 197 Å². The molecule has 0 aromatic carbocycles. The molecule has 354 valence electrons. The summed E-state index contributed by atoms with van der Waals surface area (Å²) in [4.78, 5) is 0. The molecule has 4 aliphatic carbocycles. The lowest BCUT2D eigenvalue weighted by atomic mass is 9.47. The molecule has 0 amide bonds. The average Bonchev–Trinajstić information content (AvgIpc) is 3.74. The van der Waals surface area contributed by atoms with Crippen LogP contribution < -0.4 is 0 Å². The van der Waals surface area contributed by atoms with Gasteiger partial charge in [0, 0.05) is 12.3 Å². The molecule has 8 aliphatic rings. The van der Waals surface area contributed by atoms with Crippen LogP contribution in [0, 0.1) is 40.4 Å². The quantitative estimate of drug-likeness (QED) is 0.117. The highest BCUT2D eigenvalue weighted by atomic mass is 16.8. The maximum Gasteiger partial charge on any atom is 0.187 e. The SMILES string of the molecule is CC1=C(CCC(C)CO[C@@H]2O[C@H](CO)[C@@H](O)[C@H](O)[C@H]2O)OC2C[C@H]3[C@@H]4CC=C5C[C@@H](O[C@@H]6O[C@H](CO)[C@@H](O)[C@H](O)[C@H]6O[C@@H]6O[C@@H](C)[C@H](O)[C@@H](O)[C@H]6O)CC[C@]5(C)[C@H]4CC[C@]3(C)[C@@H]12. The monoisotopic (exact) mass is 884 g/mol. The second-order valence-electron chi connectivity index (χ2n) is 20.4. The normalized spacial score (nSPS) is 52.0. The summed E-state index contributed by atoms with van der Waals surface area (Å²) in [5.74, 6) is 3.04. The zero-order chi connectivity index (χ0) is 44.6. The molecule has 8 rings (SSSR count). The Kier molecular flexibility index (Phi) is 14.0. The molecule has 3 saturated heterocycles. The highest BCUT2D eigenvalue weighted by Gasteiger charge is 2.64. The standard InChI is InChI=1S/C45H72O17/c1-19(18-56-41-38(54)36(52)33(49)29(16-46)60-41)6-9-27-20(2)31-28(59-27)15-26-24-8-7-22-14-23(10-12-44(22,4)25(24)11-13-45(26,31)5)58-43-40(37(53)34(50)30(17-47)61-43)62-42-39(55)35(51)32(48)21(3)57-42/h7,19,21,23-26,28-43,46-55H,6,8-18H2,1-5H3/t19?,21-,23-,24+,25-,26-,28?,29+,30+,31-,32-,33+,34+,35+,36-,37-,38+,39+,40+,41+,42-,43+,44-,45-/m0/s1. The van der Waals surface area contributed by atoms with Crippen molar-refractivity contribution in [3.8, 4) is 0 Å². The summed E-state index contributed by atoms with van der Waals surface area (Å²) in [5, 5.41) is 103. The Balaban J connectivity index is 0.887. The lowest BCUT2D eigenvalue weighted by Gasteiger charge is -2.58. The van der Waals surface area contributed by atoms with Crippen LogP contribution in [-0.4, -0.2) is 175 Å².